The molecule has 2 aliphatic heterocycles. The minimum atomic E-state index is -0.681. The molecule has 0 N–H and O–H groups in total. The van der Waals surface area contributed by atoms with E-state index in [2.05, 4.69) is 41.5 Å². The molecule has 1 fully saturated rings. The molecule has 4 unspecified atom stereocenters. The van der Waals surface area contributed by atoms with E-state index in [0.29, 0.717) is 18.8 Å². The largest absolute Gasteiger partial charge is 0.513 e. The highest BCUT2D eigenvalue weighted by Gasteiger charge is 2.35. The summed E-state index contributed by atoms with van der Waals surface area (Å²) in [4.78, 5) is 12.6. The third kappa shape index (κ3) is 11.0. The summed E-state index contributed by atoms with van der Waals surface area (Å²) in [6.45, 7) is 22.4. The molecule has 2 heterocycles. The summed E-state index contributed by atoms with van der Waals surface area (Å²) in [7, 11) is 0. The van der Waals surface area contributed by atoms with Crippen molar-refractivity contribution in [1.82, 2.24) is 0 Å². The van der Waals surface area contributed by atoms with Crippen LogP contribution in [0.2, 0.25) is 0 Å². The van der Waals surface area contributed by atoms with E-state index in [4.69, 9.17) is 23.7 Å². The Bertz CT molecular complexity index is 1050. The Kier molecular flexibility index (Phi) is 13.3. The van der Waals surface area contributed by atoms with Gasteiger partial charge in [0.1, 0.15) is 17.1 Å². The molecule has 2 aliphatic rings. The van der Waals surface area contributed by atoms with Gasteiger partial charge in [-0.15, -0.1) is 0 Å². The number of ether oxygens (including phenoxy) is 5. The molecule has 0 saturated carbocycles. The predicted octanol–water partition coefficient (Wildman–Crippen LogP) is 10.2. The first-order valence-electron chi connectivity index (χ1n) is 17.2. The third-order valence-electron chi connectivity index (χ3n) is 9.75. The first kappa shape index (κ1) is 35.7. The molecule has 43 heavy (non-hydrogen) atoms. The Hall–Kier alpha value is -1.79. The van der Waals surface area contributed by atoms with Crippen LogP contribution in [0.15, 0.2) is 0 Å². The van der Waals surface area contributed by atoms with Crippen LogP contribution in [-0.2, 0) is 20.6 Å². The van der Waals surface area contributed by atoms with Gasteiger partial charge in [-0.05, 0) is 102 Å². The van der Waals surface area contributed by atoms with Crippen molar-refractivity contribution in [2.45, 2.75) is 164 Å². The third-order valence-corrected chi connectivity index (χ3v) is 9.75. The van der Waals surface area contributed by atoms with Crippen molar-refractivity contribution in [1.29, 1.82) is 0 Å². The maximum absolute atomic E-state index is 12.6. The lowest BCUT2D eigenvalue weighted by Gasteiger charge is -2.38. The minimum Gasteiger partial charge on any atom is -0.487 e. The average molecular weight is 603 g/mol. The molecular formula is C37H62O6. The lowest BCUT2D eigenvalue weighted by molar-refractivity contribution is -0.139. The molecule has 0 bridgehead atoms. The number of fused-ring (bicyclic) bond motifs is 1. The van der Waals surface area contributed by atoms with Crippen LogP contribution in [0, 0.1) is 38.5 Å². The molecule has 3 rings (SSSR count). The topological polar surface area (TPSA) is 63.2 Å². The second-order valence-electron chi connectivity index (χ2n) is 14.9. The average Bonchev–Trinajstić information content (AvgIpc) is 3.27. The van der Waals surface area contributed by atoms with E-state index in [1.165, 1.54) is 51.4 Å². The summed E-state index contributed by atoms with van der Waals surface area (Å²) in [5, 5.41) is 0. The Labute approximate surface area is 262 Å². The van der Waals surface area contributed by atoms with Crippen molar-refractivity contribution >= 4 is 6.16 Å². The van der Waals surface area contributed by atoms with Crippen molar-refractivity contribution in [3.63, 3.8) is 0 Å². The second kappa shape index (κ2) is 16.0. The van der Waals surface area contributed by atoms with Crippen LogP contribution in [0.5, 0.6) is 11.5 Å². The minimum absolute atomic E-state index is 0.0787. The Morgan fingerprint density at radius 1 is 0.884 bits per heavy atom. The van der Waals surface area contributed by atoms with Crippen molar-refractivity contribution in [2.24, 2.45) is 17.8 Å². The van der Waals surface area contributed by atoms with Gasteiger partial charge in [-0.3, -0.25) is 0 Å². The van der Waals surface area contributed by atoms with Gasteiger partial charge < -0.3 is 23.7 Å². The molecule has 0 aromatic heterocycles. The van der Waals surface area contributed by atoms with E-state index >= 15 is 0 Å². The fourth-order valence-corrected chi connectivity index (χ4v) is 6.70. The summed E-state index contributed by atoms with van der Waals surface area (Å²) in [6.07, 6.45) is 13.4. The van der Waals surface area contributed by atoms with E-state index in [-0.39, 0.29) is 18.3 Å². The molecular weight excluding hydrogens is 540 g/mol. The zero-order valence-corrected chi connectivity index (χ0v) is 29.2. The molecule has 1 aromatic carbocycles. The summed E-state index contributed by atoms with van der Waals surface area (Å²) in [5.74, 6) is 3.43. The van der Waals surface area contributed by atoms with Crippen LogP contribution in [0.25, 0.3) is 0 Å². The molecule has 1 saturated heterocycles. The number of rotatable bonds is 16. The fourth-order valence-electron chi connectivity index (χ4n) is 6.70. The van der Waals surface area contributed by atoms with Crippen LogP contribution in [0.3, 0.4) is 0 Å². The highest BCUT2D eigenvalue weighted by atomic mass is 16.7. The zero-order valence-electron chi connectivity index (χ0n) is 29.2. The first-order valence-corrected chi connectivity index (χ1v) is 17.2. The molecule has 0 amide bonds. The van der Waals surface area contributed by atoms with Gasteiger partial charge >= 0.3 is 6.16 Å². The Balaban J connectivity index is 1.45. The van der Waals surface area contributed by atoms with E-state index < -0.39 is 11.9 Å². The van der Waals surface area contributed by atoms with E-state index in [1.54, 1.807) is 0 Å². The van der Waals surface area contributed by atoms with Gasteiger partial charge in [0.15, 0.2) is 5.79 Å². The van der Waals surface area contributed by atoms with Crippen molar-refractivity contribution in [2.75, 3.05) is 13.2 Å². The van der Waals surface area contributed by atoms with Gasteiger partial charge in [-0.25, -0.2) is 4.79 Å². The molecule has 246 valence electrons. The van der Waals surface area contributed by atoms with Gasteiger partial charge in [-0.2, -0.15) is 0 Å². The van der Waals surface area contributed by atoms with Crippen LogP contribution in [-0.4, -0.2) is 36.9 Å². The maximum Gasteiger partial charge on any atom is 0.513 e. The predicted molar refractivity (Wildman–Crippen MR) is 174 cm³/mol. The maximum atomic E-state index is 12.6. The summed E-state index contributed by atoms with van der Waals surface area (Å²) >= 11 is 0. The molecule has 0 spiro atoms. The highest BCUT2D eigenvalue weighted by molar-refractivity contribution is 5.68. The van der Waals surface area contributed by atoms with Gasteiger partial charge in [0, 0.05) is 12.0 Å². The lowest BCUT2D eigenvalue weighted by atomic mass is 9.83. The zero-order chi connectivity index (χ0) is 31.8. The summed E-state index contributed by atoms with van der Waals surface area (Å²) in [6, 6.07) is 0. The monoisotopic (exact) mass is 602 g/mol. The molecule has 1 aromatic rings. The van der Waals surface area contributed by atoms with E-state index in [0.717, 1.165) is 65.0 Å². The number of carbonyl (C=O) groups is 1. The van der Waals surface area contributed by atoms with Crippen molar-refractivity contribution in [3.8, 4) is 11.5 Å². The second-order valence-corrected chi connectivity index (χ2v) is 14.9. The van der Waals surface area contributed by atoms with Gasteiger partial charge in [0.05, 0.1) is 19.3 Å². The van der Waals surface area contributed by atoms with Gasteiger partial charge in [0.25, 0.3) is 0 Å². The van der Waals surface area contributed by atoms with Crippen LogP contribution in [0.1, 0.15) is 141 Å². The highest BCUT2D eigenvalue weighted by Crippen LogP contribution is 2.45. The smallest absolute Gasteiger partial charge is 0.487 e. The molecule has 0 aliphatic carbocycles. The van der Waals surface area contributed by atoms with Crippen molar-refractivity contribution < 1.29 is 28.5 Å². The first-order chi connectivity index (χ1) is 20.2. The summed E-state index contributed by atoms with van der Waals surface area (Å²) in [5.41, 5.74) is 3.93. The van der Waals surface area contributed by atoms with Crippen LogP contribution >= 0.6 is 0 Å². The SMILES string of the molecule is Cc1c(C)c2c(c(C)c1OC(=O)OCCC1COC(C)(C)O1)CCC(C)(CCCC(C)CCCC(C)CCCC(C)C)O2. The summed E-state index contributed by atoms with van der Waals surface area (Å²) < 4.78 is 29.3. The Morgan fingerprint density at radius 3 is 2.12 bits per heavy atom. The number of benzene rings is 1. The molecule has 4 atom stereocenters. The number of carbonyl (C=O) groups excluding carboxylic acids is 1. The fraction of sp³-hybridized carbons (Fsp3) is 0.811. The molecule has 6 heteroatoms. The van der Waals surface area contributed by atoms with Crippen LogP contribution < -0.4 is 9.47 Å². The van der Waals surface area contributed by atoms with Crippen molar-refractivity contribution in [3.05, 3.63) is 22.3 Å². The van der Waals surface area contributed by atoms with E-state index in [9.17, 15) is 4.79 Å². The normalized spacial score (nSPS) is 22.6. The molecule has 0 radical (unpaired) electrons. The Morgan fingerprint density at radius 2 is 1.51 bits per heavy atom. The lowest BCUT2D eigenvalue weighted by Crippen LogP contribution is -2.37. The van der Waals surface area contributed by atoms with Gasteiger partial charge in [-0.1, -0.05) is 72.6 Å². The number of hydrogen-bond donors (Lipinski definition) is 0. The number of hydrogen-bond acceptors (Lipinski definition) is 6. The quantitative estimate of drug-likeness (QED) is 0.139. The van der Waals surface area contributed by atoms with E-state index in [1.807, 2.05) is 27.7 Å². The van der Waals surface area contributed by atoms with Gasteiger partial charge in [0.2, 0.25) is 0 Å². The molecule has 6 nitrogen and oxygen atoms in total. The van der Waals surface area contributed by atoms with Crippen LogP contribution in [0.4, 0.5) is 4.79 Å². The standard InChI is InChI=1S/C37H62O6/c1-25(2)14-11-15-26(3)16-12-17-27(4)18-13-21-37(10)22-19-32-30(7)33(28(5)29(6)34(32)43-37)41-35(38)39-23-20-31-24-40-36(8,9)42-31/h25-27,31H,11-24H2,1-10H3.